The minimum absolute atomic E-state index is 0.0441. The highest BCUT2D eigenvalue weighted by Gasteiger charge is 2.17. The van der Waals surface area contributed by atoms with E-state index in [1.165, 1.54) is 0 Å². The van der Waals surface area contributed by atoms with Gasteiger partial charge in [0.05, 0.1) is 6.04 Å². The summed E-state index contributed by atoms with van der Waals surface area (Å²) in [5, 5.41) is 0. The molecule has 0 aromatic heterocycles. The molecule has 1 atom stereocenters. The number of nitrogens with two attached hydrogens (primary N) is 1. The highest BCUT2D eigenvalue weighted by molar-refractivity contribution is 5.85. The average molecular weight is 221 g/mol. The van der Waals surface area contributed by atoms with Crippen LogP contribution in [-0.2, 0) is 4.79 Å². The fraction of sp³-hybridized carbons (Fsp3) is 0.462. The van der Waals surface area contributed by atoms with Crippen LogP contribution in [0, 0.1) is 12.8 Å². The van der Waals surface area contributed by atoms with Gasteiger partial charge in [-0.2, -0.15) is 0 Å². The van der Waals surface area contributed by atoms with E-state index in [9.17, 15) is 4.79 Å². The number of Topliss-reactive ketones (excluding diaryl/α,β-unsaturated/α-hetero) is 1. The van der Waals surface area contributed by atoms with Crippen molar-refractivity contribution in [2.75, 3.05) is 6.61 Å². The van der Waals surface area contributed by atoms with E-state index < -0.39 is 6.04 Å². The first-order chi connectivity index (χ1) is 7.50. The number of benzene rings is 1. The van der Waals surface area contributed by atoms with Crippen molar-refractivity contribution in [1.82, 2.24) is 0 Å². The van der Waals surface area contributed by atoms with Gasteiger partial charge in [-0.15, -0.1) is 0 Å². The van der Waals surface area contributed by atoms with Gasteiger partial charge < -0.3 is 10.5 Å². The maximum Gasteiger partial charge on any atom is 0.187 e. The van der Waals surface area contributed by atoms with Gasteiger partial charge in [-0.25, -0.2) is 0 Å². The molecule has 0 aliphatic rings. The number of hydrogen-bond acceptors (Lipinski definition) is 3. The summed E-state index contributed by atoms with van der Waals surface area (Å²) in [6, 6.07) is 7.16. The van der Waals surface area contributed by atoms with Crippen LogP contribution in [0.25, 0.3) is 0 Å². The summed E-state index contributed by atoms with van der Waals surface area (Å²) >= 11 is 0. The quantitative estimate of drug-likeness (QED) is 0.826. The smallest absolute Gasteiger partial charge is 0.187 e. The third kappa shape index (κ3) is 3.66. The largest absolute Gasteiger partial charge is 0.486 e. The van der Waals surface area contributed by atoms with Gasteiger partial charge in [0, 0.05) is 0 Å². The van der Waals surface area contributed by atoms with Crippen molar-refractivity contribution >= 4 is 5.78 Å². The number of carbonyl (C=O) groups is 1. The fourth-order valence-corrected chi connectivity index (χ4v) is 1.26. The zero-order chi connectivity index (χ0) is 12.1. The van der Waals surface area contributed by atoms with E-state index in [0.717, 1.165) is 5.56 Å². The zero-order valence-electron chi connectivity index (χ0n) is 10.1. The van der Waals surface area contributed by atoms with Gasteiger partial charge in [-0.1, -0.05) is 31.5 Å². The summed E-state index contributed by atoms with van der Waals surface area (Å²) in [6.45, 7) is 5.90. The summed E-state index contributed by atoms with van der Waals surface area (Å²) in [7, 11) is 0. The molecule has 3 heteroatoms. The lowest BCUT2D eigenvalue weighted by molar-refractivity contribution is -0.123. The van der Waals surface area contributed by atoms with Crippen LogP contribution in [0.2, 0.25) is 0 Å². The second-order valence-electron chi connectivity index (χ2n) is 4.34. The van der Waals surface area contributed by atoms with Crippen molar-refractivity contribution in [3.8, 4) is 5.75 Å². The van der Waals surface area contributed by atoms with Gasteiger partial charge in [-0.3, -0.25) is 4.79 Å². The summed E-state index contributed by atoms with van der Waals surface area (Å²) < 4.78 is 5.36. The van der Waals surface area contributed by atoms with Crippen molar-refractivity contribution < 1.29 is 9.53 Å². The first-order valence-corrected chi connectivity index (χ1v) is 5.48. The highest BCUT2D eigenvalue weighted by Crippen LogP contribution is 2.11. The molecule has 1 aromatic rings. The molecule has 1 unspecified atom stereocenters. The lowest BCUT2D eigenvalue weighted by Gasteiger charge is -2.14. The first kappa shape index (κ1) is 12.7. The Kier molecular flexibility index (Phi) is 4.50. The summed E-state index contributed by atoms with van der Waals surface area (Å²) in [5.41, 5.74) is 6.88. The van der Waals surface area contributed by atoms with Gasteiger partial charge in [0.25, 0.3) is 0 Å². The second-order valence-corrected chi connectivity index (χ2v) is 4.34. The molecule has 0 aliphatic carbocycles. The monoisotopic (exact) mass is 221 g/mol. The molecule has 2 N–H and O–H groups in total. The molecule has 3 nitrogen and oxygen atoms in total. The lowest BCUT2D eigenvalue weighted by Crippen LogP contribution is -2.38. The van der Waals surface area contributed by atoms with E-state index in [-0.39, 0.29) is 18.3 Å². The van der Waals surface area contributed by atoms with E-state index in [0.29, 0.717) is 5.75 Å². The Balaban J connectivity index is 2.46. The number of carbonyl (C=O) groups excluding carboxylic acids is 1. The topological polar surface area (TPSA) is 52.3 Å². The molecule has 0 amide bonds. The second kappa shape index (κ2) is 5.66. The summed E-state index contributed by atoms with van der Waals surface area (Å²) in [6.07, 6.45) is 0. The maximum atomic E-state index is 11.6. The molecule has 1 rings (SSSR count). The van der Waals surface area contributed by atoms with Crippen molar-refractivity contribution in [2.24, 2.45) is 11.7 Å². The van der Waals surface area contributed by atoms with Crippen molar-refractivity contribution in [3.05, 3.63) is 29.8 Å². The molecular formula is C13H19NO2. The van der Waals surface area contributed by atoms with Crippen molar-refractivity contribution in [3.63, 3.8) is 0 Å². The zero-order valence-corrected chi connectivity index (χ0v) is 10.1. The Morgan fingerprint density at radius 1 is 1.31 bits per heavy atom. The Hall–Kier alpha value is -1.35. The molecule has 0 heterocycles. The van der Waals surface area contributed by atoms with E-state index in [4.69, 9.17) is 10.5 Å². The number of rotatable bonds is 5. The standard InChI is InChI=1S/C13H19NO2/c1-9(2)13(14)12(15)8-16-11-6-4-10(3)5-7-11/h4-7,9,13H,8,14H2,1-3H3. The predicted molar refractivity (Wildman–Crippen MR) is 64.5 cm³/mol. The minimum atomic E-state index is -0.439. The highest BCUT2D eigenvalue weighted by atomic mass is 16.5. The van der Waals surface area contributed by atoms with Crippen molar-refractivity contribution in [2.45, 2.75) is 26.8 Å². The summed E-state index contributed by atoms with van der Waals surface area (Å²) in [5.74, 6) is 0.791. The van der Waals surface area contributed by atoms with Crippen LogP contribution in [0.1, 0.15) is 19.4 Å². The molecule has 1 aromatic carbocycles. The first-order valence-electron chi connectivity index (χ1n) is 5.48. The van der Waals surface area contributed by atoms with E-state index in [2.05, 4.69) is 0 Å². The van der Waals surface area contributed by atoms with Crippen LogP contribution in [0.5, 0.6) is 5.75 Å². The molecule has 0 saturated heterocycles. The Bertz CT molecular complexity index is 343. The molecule has 0 saturated carbocycles. The molecule has 16 heavy (non-hydrogen) atoms. The van der Waals surface area contributed by atoms with E-state index >= 15 is 0 Å². The van der Waals surface area contributed by atoms with Gasteiger partial charge >= 0.3 is 0 Å². The van der Waals surface area contributed by atoms with Crippen LogP contribution in [0.15, 0.2) is 24.3 Å². The number of ketones is 1. The van der Waals surface area contributed by atoms with Crippen LogP contribution in [-0.4, -0.2) is 18.4 Å². The third-order valence-electron chi connectivity index (χ3n) is 2.49. The average Bonchev–Trinajstić information content (AvgIpc) is 2.26. The molecule has 88 valence electrons. The Morgan fingerprint density at radius 3 is 2.38 bits per heavy atom. The van der Waals surface area contributed by atoms with Gasteiger partial charge in [-0.05, 0) is 25.0 Å². The molecule has 0 aliphatic heterocycles. The predicted octanol–water partition coefficient (Wildman–Crippen LogP) is 1.93. The molecule has 0 radical (unpaired) electrons. The van der Waals surface area contributed by atoms with Crippen molar-refractivity contribution in [1.29, 1.82) is 0 Å². The summed E-state index contributed by atoms with van der Waals surface area (Å²) in [4.78, 5) is 11.6. The van der Waals surface area contributed by atoms with Gasteiger partial charge in [0.1, 0.15) is 12.4 Å². The van der Waals surface area contributed by atoms with Crippen LogP contribution in [0.4, 0.5) is 0 Å². The van der Waals surface area contributed by atoms with E-state index in [1.54, 1.807) is 0 Å². The van der Waals surface area contributed by atoms with Gasteiger partial charge in [0.15, 0.2) is 5.78 Å². The Labute approximate surface area is 96.6 Å². The normalized spacial score (nSPS) is 12.6. The molecular weight excluding hydrogens is 202 g/mol. The molecule has 0 spiro atoms. The SMILES string of the molecule is Cc1ccc(OCC(=O)C(N)C(C)C)cc1. The minimum Gasteiger partial charge on any atom is -0.486 e. The van der Waals surface area contributed by atoms with Crippen LogP contribution >= 0.6 is 0 Å². The number of hydrogen-bond donors (Lipinski definition) is 1. The Morgan fingerprint density at radius 2 is 1.88 bits per heavy atom. The maximum absolute atomic E-state index is 11.6. The number of ether oxygens (including phenoxy) is 1. The van der Waals surface area contributed by atoms with Gasteiger partial charge in [0.2, 0.25) is 0 Å². The lowest BCUT2D eigenvalue weighted by atomic mass is 10.0. The molecule has 0 fully saturated rings. The number of aryl methyl sites for hydroxylation is 1. The fourth-order valence-electron chi connectivity index (χ4n) is 1.26. The molecule has 0 bridgehead atoms. The van der Waals surface area contributed by atoms with E-state index in [1.807, 2.05) is 45.0 Å². The van der Waals surface area contributed by atoms with Crippen LogP contribution in [0.3, 0.4) is 0 Å². The van der Waals surface area contributed by atoms with Crippen LogP contribution < -0.4 is 10.5 Å². The third-order valence-corrected chi connectivity index (χ3v) is 2.49.